The summed E-state index contributed by atoms with van der Waals surface area (Å²) < 4.78 is 16.6. The third kappa shape index (κ3) is 6.30. The van der Waals surface area contributed by atoms with E-state index in [0.717, 1.165) is 23.0 Å². The van der Waals surface area contributed by atoms with Crippen molar-refractivity contribution in [2.75, 3.05) is 27.4 Å². The predicted octanol–water partition coefficient (Wildman–Crippen LogP) is 5.66. The van der Waals surface area contributed by atoms with Gasteiger partial charge in [0.2, 0.25) is 5.91 Å². The van der Waals surface area contributed by atoms with Crippen LogP contribution in [0.25, 0.3) is 22.2 Å². The number of carbonyl (C=O) groups is 1. The highest BCUT2D eigenvalue weighted by molar-refractivity contribution is 6.41. The molecule has 1 aliphatic rings. The second-order valence-electron chi connectivity index (χ2n) is 9.77. The summed E-state index contributed by atoms with van der Waals surface area (Å²) in [5.41, 5.74) is 3.81. The SMILES string of the molecule is C=CC(=O)N[C@H]1COCC1Cc1ncc2cc(-c3c(Cl)c(OC)cc(OC)c3Cl)nc(CCc3ccccc3)c2n1. The summed E-state index contributed by atoms with van der Waals surface area (Å²) in [6, 6.07) is 13.6. The molecule has 10 heteroatoms. The number of amides is 1. The second-order valence-corrected chi connectivity index (χ2v) is 10.5. The molecule has 4 aromatic rings. The number of rotatable bonds is 10. The molecule has 0 saturated carbocycles. The van der Waals surface area contributed by atoms with Gasteiger partial charge in [-0.2, -0.15) is 0 Å². The van der Waals surface area contributed by atoms with Crippen LogP contribution in [-0.2, 0) is 28.8 Å². The van der Waals surface area contributed by atoms with Gasteiger partial charge in [0, 0.05) is 35.6 Å². The largest absolute Gasteiger partial charge is 0.495 e. The van der Waals surface area contributed by atoms with Gasteiger partial charge in [-0.25, -0.2) is 9.97 Å². The van der Waals surface area contributed by atoms with E-state index < -0.39 is 0 Å². The van der Waals surface area contributed by atoms with Crippen molar-refractivity contribution >= 4 is 40.0 Å². The molecule has 1 fully saturated rings. The monoisotopic (exact) mass is 592 g/mol. The first-order chi connectivity index (χ1) is 19.9. The Balaban J connectivity index is 1.57. The zero-order valence-electron chi connectivity index (χ0n) is 22.8. The van der Waals surface area contributed by atoms with Crippen LogP contribution in [0.15, 0.2) is 61.3 Å². The van der Waals surface area contributed by atoms with Crippen LogP contribution in [0.1, 0.15) is 17.1 Å². The number of nitrogens with one attached hydrogen (secondary N) is 1. The quantitative estimate of drug-likeness (QED) is 0.237. The number of halogens is 2. The normalized spacial score (nSPS) is 16.5. The lowest BCUT2D eigenvalue weighted by molar-refractivity contribution is -0.117. The zero-order valence-corrected chi connectivity index (χ0v) is 24.3. The Kier molecular flexibility index (Phi) is 9.03. The molecule has 1 saturated heterocycles. The summed E-state index contributed by atoms with van der Waals surface area (Å²) in [5, 5.41) is 4.42. The molecule has 8 nitrogen and oxygen atoms in total. The number of methoxy groups -OCH3 is 2. The molecule has 2 aromatic heterocycles. The number of nitrogens with zero attached hydrogens (tertiary/aromatic N) is 3. The van der Waals surface area contributed by atoms with Crippen LogP contribution in [0.4, 0.5) is 0 Å². The predicted molar refractivity (Wildman–Crippen MR) is 160 cm³/mol. The number of benzene rings is 2. The van der Waals surface area contributed by atoms with Crippen molar-refractivity contribution in [2.45, 2.75) is 25.3 Å². The van der Waals surface area contributed by atoms with Gasteiger partial charge >= 0.3 is 0 Å². The minimum absolute atomic E-state index is 0.0400. The molecule has 1 aliphatic heterocycles. The lowest BCUT2D eigenvalue weighted by atomic mass is 9.99. The lowest BCUT2D eigenvalue weighted by Crippen LogP contribution is -2.39. The number of carbonyl (C=O) groups excluding carboxylic acids is 1. The Bertz CT molecular complexity index is 1550. The number of fused-ring (bicyclic) bond motifs is 1. The topological polar surface area (TPSA) is 95.5 Å². The van der Waals surface area contributed by atoms with Crippen molar-refractivity contribution in [2.24, 2.45) is 5.92 Å². The first-order valence-electron chi connectivity index (χ1n) is 13.2. The van der Waals surface area contributed by atoms with E-state index in [1.165, 1.54) is 25.9 Å². The van der Waals surface area contributed by atoms with E-state index in [1.807, 2.05) is 24.3 Å². The molecule has 1 unspecified atom stereocenters. The van der Waals surface area contributed by atoms with E-state index in [9.17, 15) is 4.79 Å². The van der Waals surface area contributed by atoms with E-state index in [0.29, 0.717) is 64.7 Å². The molecule has 1 N–H and O–H groups in total. The summed E-state index contributed by atoms with van der Waals surface area (Å²) in [4.78, 5) is 26.5. The highest BCUT2D eigenvalue weighted by atomic mass is 35.5. The molecule has 41 heavy (non-hydrogen) atoms. The summed E-state index contributed by atoms with van der Waals surface area (Å²) in [6.07, 6.45) is 5.00. The van der Waals surface area contributed by atoms with E-state index >= 15 is 0 Å². The van der Waals surface area contributed by atoms with Crippen LogP contribution in [0, 0.1) is 5.92 Å². The third-order valence-electron chi connectivity index (χ3n) is 7.17. The van der Waals surface area contributed by atoms with E-state index in [2.05, 4.69) is 29.0 Å². The van der Waals surface area contributed by atoms with Crippen molar-refractivity contribution in [3.8, 4) is 22.8 Å². The maximum Gasteiger partial charge on any atom is 0.243 e. The fourth-order valence-corrected chi connectivity index (χ4v) is 5.69. The Morgan fingerprint density at radius 1 is 1.07 bits per heavy atom. The summed E-state index contributed by atoms with van der Waals surface area (Å²) in [6.45, 7) is 4.49. The van der Waals surface area contributed by atoms with Crippen molar-refractivity contribution < 1.29 is 19.0 Å². The standard InChI is InChI=1S/C31H30Cl2N4O4/c1-4-27(38)36-23-17-41-16-20(23)13-26-34-15-19-12-22(28-29(32)24(39-2)14-25(40-3)30(28)33)35-21(31(19)37-26)11-10-18-8-6-5-7-9-18/h4-9,12,14-15,20,23H,1,10-11,13,16-17H2,2-3H3,(H,36,38)/t20?,23-/m0/s1. The van der Waals surface area contributed by atoms with Crippen LogP contribution in [0.3, 0.4) is 0 Å². The molecule has 212 valence electrons. The summed E-state index contributed by atoms with van der Waals surface area (Å²) in [5.74, 6) is 1.33. The molecule has 3 heterocycles. The van der Waals surface area contributed by atoms with Crippen LogP contribution in [0.5, 0.6) is 11.5 Å². The van der Waals surface area contributed by atoms with Gasteiger partial charge in [-0.3, -0.25) is 9.78 Å². The number of hydrogen-bond acceptors (Lipinski definition) is 7. The Hall–Kier alpha value is -3.72. The molecule has 0 aliphatic carbocycles. The van der Waals surface area contributed by atoms with E-state index in [-0.39, 0.29) is 17.9 Å². The molecule has 0 radical (unpaired) electrons. The van der Waals surface area contributed by atoms with E-state index in [4.69, 9.17) is 47.4 Å². The number of ether oxygens (including phenoxy) is 3. The fraction of sp³-hybridized carbons (Fsp3) is 0.290. The molecule has 1 amide bonds. The van der Waals surface area contributed by atoms with Crippen molar-refractivity contribution in [1.29, 1.82) is 0 Å². The molecular formula is C31H30Cl2N4O4. The van der Waals surface area contributed by atoms with Gasteiger partial charge in [-0.05, 0) is 30.5 Å². The molecule has 0 spiro atoms. The molecule has 2 atom stereocenters. The van der Waals surface area contributed by atoms with Crippen LogP contribution in [0.2, 0.25) is 10.0 Å². The number of pyridine rings is 1. The van der Waals surface area contributed by atoms with Gasteiger partial charge in [0.1, 0.15) is 17.3 Å². The zero-order chi connectivity index (χ0) is 28.9. The summed E-state index contributed by atoms with van der Waals surface area (Å²) in [7, 11) is 3.07. The van der Waals surface area contributed by atoms with Crippen molar-refractivity contribution in [3.05, 3.63) is 88.4 Å². The molecule has 0 bridgehead atoms. The Morgan fingerprint density at radius 3 is 2.49 bits per heavy atom. The number of aromatic nitrogens is 3. The fourth-order valence-electron chi connectivity index (χ4n) is 5.00. The maximum absolute atomic E-state index is 11.9. The summed E-state index contributed by atoms with van der Waals surface area (Å²) >= 11 is 13.5. The first-order valence-corrected chi connectivity index (χ1v) is 14.0. The number of aryl methyl sites for hydroxylation is 2. The van der Waals surface area contributed by atoms with Gasteiger partial charge < -0.3 is 19.5 Å². The molecule has 5 rings (SSSR count). The van der Waals surface area contributed by atoms with Gasteiger partial charge in [-0.15, -0.1) is 0 Å². The average molecular weight is 594 g/mol. The van der Waals surface area contributed by atoms with E-state index in [1.54, 1.807) is 12.3 Å². The highest BCUT2D eigenvalue weighted by Gasteiger charge is 2.30. The van der Waals surface area contributed by atoms with Crippen molar-refractivity contribution in [3.63, 3.8) is 0 Å². The lowest BCUT2D eigenvalue weighted by Gasteiger charge is -2.18. The highest BCUT2D eigenvalue weighted by Crippen LogP contribution is 2.46. The van der Waals surface area contributed by atoms with Gasteiger partial charge in [-0.1, -0.05) is 60.1 Å². The van der Waals surface area contributed by atoms with Gasteiger partial charge in [0.15, 0.2) is 0 Å². The van der Waals surface area contributed by atoms with Crippen LogP contribution in [-0.4, -0.2) is 54.3 Å². The van der Waals surface area contributed by atoms with Crippen LogP contribution >= 0.6 is 23.2 Å². The second kappa shape index (κ2) is 12.9. The molecular weight excluding hydrogens is 563 g/mol. The maximum atomic E-state index is 11.9. The Morgan fingerprint density at radius 2 is 1.80 bits per heavy atom. The Labute approximate surface area is 248 Å². The van der Waals surface area contributed by atoms with Crippen LogP contribution < -0.4 is 14.8 Å². The van der Waals surface area contributed by atoms with Gasteiger partial charge in [0.25, 0.3) is 0 Å². The number of hydrogen-bond donors (Lipinski definition) is 1. The minimum atomic E-state index is -0.226. The molecule has 2 aromatic carbocycles. The van der Waals surface area contributed by atoms with Crippen molar-refractivity contribution in [1.82, 2.24) is 20.3 Å². The third-order valence-corrected chi connectivity index (χ3v) is 7.92. The smallest absolute Gasteiger partial charge is 0.243 e. The first kappa shape index (κ1) is 28.8. The van der Waals surface area contributed by atoms with Gasteiger partial charge in [0.05, 0.1) is 60.4 Å². The average Bonchev–Trinajstić information content (AvgIpc) is 3.42. The minimum Gasteiger partial charge on any atom is -0.495 e.